The lowest BCUT2D eigenvalue weighted by Crippen LogP contribution is -2.44. The summed E-state index contributed by atoms with van der Waals surface area (Å²) in [4.78, 5) is 11.9. The van der Waals surface area contributed by atoms with Crippen LogP contribution in [0.1, 0.15) is 19.8 Å². The average molecular weight is 347 g/mol. The van der Waals surface area contributed by atoms with Crippen LogP contribution in [0.3, 0.4) is 0 Å². The van der Waals surface area contributed by atoms with Crippen molar-refractivity contribution < 1.29 is 9.53 Å². The van der Waals surface area contributed by atoms with Crippen LogP contribution in [0.2, 0.25) is 5.02 Å². The quantitative estimate of drug-likeness (QED) is 0.612. The lowest BCUT2D eigenvalue weighted by atomic mass is 9.95. The van der Waals surface area contributed by atoms with Crippen LogP contribution in [0.15, 0.2) is 35.3 Å². The zero-order valence-corrected chi connectivity index (χ0v) is 13.3. The van der Waals surface area contributed by atoms with Gasteiger partial charge < -0.3 is 10.1 Å². The predicted molar refractivity (Wildman–Crippen MR) is 82.6 cm³/mol. The normalized spacial score (nSPS) is 13.5. The van der Waals surface area contributed by atoms with Gasteiger partial charge in [0.25, 0.3) is 0 Å². The number of hydrogen-bond acceptors (Lipinski definition) is 3. The summed E-state index contributed by atoms with van der Waals surface area (Å²) in [6.45, 7) is 5.49. The molecule has 0 saturated carbocycles. The van der Waals surface area contributed by atoms with Crippen molar-refractivity contribution >= 4 is 39.2 Å². The van der Waals surface area contributed by atoms with Crippen LogP contribution in [0.4, 0.5) is 5.69 Å². The Morgan fingerprint density at radius 2 is 2.32 bits per heavy atom. The number of halogens is 2. The summed E-state index contributed by atoms with van der Waals surface area (Å²) in [6.07, 6.45) is 3.09. The van der Waals surface area contributed by atoms with Gasteiger partial charge in [0.2, 0.25) is 0 Å². The lowest BCUT2D eigenvalue weighted by molar-refractivity contribution is -0.145. The van der Waals surface area contributed by atoms with Crippen molar-refractivity contribution in [1.29, 1.82) is 0 Å². The molecule has 1 atom stereocenters. The van der Waals surface area contributed by atoms with E-state index in [4.69, 9.17) is 16.3 Å². The van der Waals surface area contributed by atoms with Crippen LogP contribution in [-0.2, 0) is 9.53 Å². The second-order valence-electron chi connectivity index (χ2n) is 4.40. The number of hydrogen-bond donors (Lipinski definition) is 1. The number of anilines is 1. The highest BCUT2D eigenvalue weighted by Gasteiger charge is 2.33. The minimum atomic E-state index is -0.795. The van der Waals surface area contributed by atoms with E-state index in [2.05, 4.69) is 27.8 Å². The van der Waals surface area contributed by atoms with Gasteiger partial charge in [-0.05, 0) is 53.9 Å². The maximum Gasteiger partial charge on any atom is 0.331 e. The molecule has 0 radical (unpaired) electrons. The number of benzene rings is 1. The Hall–Kier alpha value is -1.00. The van der Waals surface area contributed by atoms with Crippen LogP contribution >= 0.6 is 27.5 Å². The number of esters is 1. The second kappa shape index (κ2) is 6.96. The monoisotopic (exact) mass is 345 g/mol. The van der Waals surface area contributed by atoms with Crippen molar-refractivity contribution in [3.8, 4) is 0 Å². The van der Waals surface area contributed by atoms with Crippen molar-refractivity contribution in [3.63, 3.8) is 0 Å². The van der Waals surface area contributed by atoms with Crippen LogP contribution in [0.25, 0.3) is 0 Å². The number of ether oxygens (including phenoxy) is 1. The molecule has 1 N–H and O–H groups in total. The van der Waals surface area contributed by atoms with Crippen molar-refractivity contribution in [3.05, 3.63) is 40.3 Å². The van der Waals surface area contributed by atoms with Gasteiger partial charge in [-0.1, -0.05) is 17.7 Å². The smallest absolute Gasteiger partial charge is 0.331 e. The van der Waals surface area contributed by atoms with Gasteiger partial charge in [0.15, 0.2) is 0 Å². The van der Waals surface area contributed by atoms with E-state index in [1.807, 2.05) is 19.1 Å². The molecule has 0 amide bonds. The Morgan fingerprint density at radius 1 is 1.63 bits per heavy atom. The fraction of sp³-hybridized carbons (Fsp3) is 0.357. The van der Waals surface area contributed by atoms with Crippen molar-refractivity contribution in [2.24, 2.45) is 0 Å². The summed E-state index contributed by atoms with van der Waals surface area (Å²) in [7, 11) is 1.38. The number of carbonyl (C=O) groups is 1. The first-order valence-electron chi connectivity index (χ1n) is 5.85. The number of carbonyl (C=O) groups excluding carboxylic acids is 1. The topological polar surface area (TPSA) is 38.3 Å². The summed E-state index contributed by atoms with van der Waals surface area (Å²) >= 11 is 9.30. The van der Waals surface area contributed by atoms with Gasteiger partial charge in [-0.2, -0.15) is 0 Å². The van der Waals surface area contributed by atoms with Gasteiger partial charge in [-0.15, -0.1) is 6.58 Å². The molecule has 104 valence electrons. The molecule has 1 unspecified atom stereocenters. The number of allylic oxidation sites excluding steroid dienone is 1. The Morgan fingerprint density at radius 3 is 2.84 bits per heavy atom. The van der Waals surface area contributed by atoms with Crippen LogP contribution in [0, 0.1) is 0 Å². The number of nitrogens with one attached hydrogen (secondary N) is 1. The summed E-state index contributed by atoms with van der Waals surface area (Å²) in [5, 5.41) is 3.82. The van der Waals surface area contributed by atoms with E-state index in [1.54, 1.807) is 12.1 Å². The minimum Gasteiger partial charge on any atom is -0.467 e. The molecule has 0 fully saturated rings. The fourth-order valence-corrected chi connectivity index (χ4v) is 2.22. The molecule has 0 aliphatic rings. The molecule has 0 heterocycles. The summed E-state index contributed by atoms with van der Waals surface area (Å²) in [5.41, 5.74) is 0.00387. The first kappa shape index (κ1) is 16.1. The Kier molecular flexibility index (Phi) is 5.88. The third kappa shape index (κ3) is 4.25. The van der Waals surface area contributed by atoms with E-state index >= 15 is 0 Å². The zero-order valence-electron chi connectivity index (χ0n) is 11.0. The van der Waals surface area contributed by atoms with Crippen LogP contribution in [0.5, 0.6) is 0 Å². The van der Waals surface area contributed by atoms with E-state index < -0.39 is 5.54 Å². The van der Waals surface area contributed by atoms with Crippen LogP contribution in [-0.4, -0.2) is 18.6 Å². The number of methoxy groups -OCH3 is 1. The largest absolute Gasteiger partial charge is 0.467 e. The molecule has 1 rings (SSSR count). The molecular weight excluding hydrogens is 330 g/mol. The van der Waals surface area contributed by atoms with E-state index in [0.29, 0.717) is 17.9 Å². The maximum atomic E-state index is 11.9. The van der Waals surface area contributed by atoms with Gasteiger partial charge in [0.1, 0.15) is 5.54 Å². The third-order valence-electron chi connectivity index (χ3n) is 2.82. The molecular formula is C14H17BrClNO2. The van der Waals surface area contributed by atoms with Gasteiger partial charge in [-0.3, -0.25) is 0 Å². The van der Waals surface area contributed by atoms with E-state index in [-0.39, 0.29) is 5.97 Å². The lowest BCUT2D eigenvalue weighted by Gasteiger charge is -2.29. The second-order valence-corrected chi connectivity index (χ2v) is 5.67. The molecule has 0 bridgehead atoms. The highest BCUT2D eigenvalue weighted by molar-refractivity contribution is 9.10. The predicted octanol–water partition coefficient (Wildman–Crippen LogP) is 4.41. The maximum absolute atomic E-state index is 11.9. The van der Waals surface area contributed by atoms with Crippen molar-refractivity contribution in [2.45, 2.75) is 25.3 Å². The van der Waals surface area contributed by atoms with Gasteiger partial charge in [0, 0.05) is 10.2 Å². The minimum absolute atomic E-state index is 0.305. The van der Waals surface area contributed by atoms with Crippen molar-refractivity contribution in [2.75, 3.05) is 12.4 Å². The first-order chi connectivity index (χ1) is 8.92. The highest BCUT2D eigenvalue weighted by atomic mass is 79.9. The summed E-state index contributed by atoms with van der Waals surface area (Å²) in [5.74, 6) is -0.305. The standard InChI is InChI=1S/C14H17BrClNO2/c1-4-5-8-14(2,13(18)19-3)17-10-6-7-12(16)11(15)9-10/h4,6-7,9,17H,1,5,8H2,2-3H3. The molecule has 3 nitrogen and oxygen atoms in total. The average Bonchev–Trinajstić information content (AvgIpc) is 2.39. The molecule has 0 saturated heterocycles. The molecule has 1 aromatic carbocycles. The van der Waals surface area contributed by atoms with E-state index in [9.17, 15) is 4.79 Å². The first-order valence-corrected chi connectivity index (χ1v) is 7.02. The molecule has 0 aromatic heterocycles. The molecule has 0 aliphatic carbocycles. The summed E-state index contributed by atoms with van der Waals surface area (Å²) < 4.78 is 5.64. The summed E-state index contributed by atoms with van der Waals surface area (Å²) in [6, 6.07) is 5.42. The Bertz CT molecular complexity index is 479. The SMILES string of the molecule is C=CCCC(C)(Nc1ccc(Cl)c(Br)c1)C(=O)OC. The van der Waals surface area contributed by atoms with Crippen LogP contribution < -0.4 is 5.32 Å². The number of rotatable bonds is 6. The van der Waals surface area contributed by atoms with E-state index in [1.165, 1.54) is 7.11 Å². The Balaban J connectivity index is 2.96. The molecule has 0 spiro atoms. The third-order valence-corrected chi connectivity index (χ3v) is 4.04. The molecule has 5 heteroatoms. The molecule has 19 heavy (non-hydrogen) atoms. The zero-order chi connectivity index (χ0) is 14.5. The molecule has 1 aromatic rings. The van der Waals surface area contributed by atoms with Crippen molar-refractivity contribution in [1.82, 2.24) is 0 Å². The highest BCUT2D eigenvalue weighted by Crippen LogP contribution is 2.28. The van der Waals surface area contributed by atoms with Gasteiger partial charge in [-0.25, -0.2) is 4.79 Å². The van der Waals surface area contributed by atoms with Gasteiger partial charge in [0.05, 0.1) is 12.1 Å². The molecule has 0 aliphatic heterocycles. The van der Waals surface area contributed by atoms with Gasteiger partial charge >= 0.3 is 5.97 Å². The van der Waals surface area contributed by atoms with E-state index in [0.717, 1.165) is 10.2 Å². The fourth-order valence-electron chi connectivity index (χ4n) is 1.72. The Labute approximate surface area is 127 Å².